The fourth-order valence-corrected chi connectivity index (χ4v) is 1.48. The first-order chi connectivity index (χ1) is 7.25. The average molecular weight is 199 g/mol. The van der Waals surface area contributed by atoms with Gasteiger partial charge in [0.1, 0.15) is 5.82 Å². The number of rotatable bonds is 2. The summed E-state index contributed by atoms with van der Waals surface area (Å²) in [5, 5.41) is 0. The monoisotopic (exact) mass is 199 g/mol. The minimum Gasteiger partial charge on any atom is -0.383 e. The number of hydrogen-bond acceptors (Lipinski definition) is 3. The Balaban J connectivity index is 2.22. The van der Waals surface area contributed by atoms with E-state index in [-0.39, 0.29) is 0 Å². The van der Waals surface area contributed by atoms with Gasteiger partial charge in [-0.3, -0.25) is 4.98 Å². The molecule has 0 bridgehead atoms. The van der Waals surface area contributed by atoms with Gasteiger partial charge < -0.3 is 5.73 Å². The molecule has 2 aromatic rings. The summed E-state index contributed by atoms with van der Waals surface area (Å²) in [5.74, 6) is 0.605. The van der Waals surface area contributed by atoms with Crippen LogP contribution in [0.4, 0.5) is 5.82 Å². The van der Waals surface area contributed by atoms with Gasteiger partial charge in [0.05, 0.1) is 0 Å². The Bertz CT molecular complexity index is 452. The molecule has 0 atom stereocenters. The van der Waals surface area contributed by atoms with Gasteiger partial charge in [-0.15, -0.1) is 0 Å². The van der Waals surface area contributed by atoms with Crippen LogP contribution in [-0.4, -0.2) is 9.97 Å². The van der Waals surface area contributed by atoms with Crippen LogP contribution in [0.1, 0.15) is 16.7 Å². The molecule has 0 aliphatic carbocycles. The lowest BCUT2D eigenvalue weighted by Crippen LogP contribution is -1.96. The lowest BCUT2D eigenvalue weighted by molar-refractivity contribution is 1.12. The lowest BCUT2D eigenvalue weighted by atomic mass is 10.1. The molecule has 0 saturated carbocycles. The number of nitrogen functional groups attached to an aromatic ring is 1. The van der Waals surface area contributed by atoms with Gasteiger partial charge in [-0.2, -0.15) is 0 Å². The molecule has 0 spiro atoms. The van der Waals surface area contributed by atoms with Gasteiger partial charge in [-0.1, -0.05) is 6.07 Å². The highest BCUT2D eigenvalue weighted by Crippen LogP contribution is 2.12. The standard InChI is InChI=1S/C12H13N3/c1-9-6-11(8-15-12(9)13)7-10-2-4-14-5-3-10/h2-6,8H,7H2,1H3,(H2,13,15). The van der Waals surface area contributed by atoms with Gasteiger partial charge >= 0.3 is 0 Å². The lowest BCUT2D eigenvalue weighted by Gasteiger charge is -2.04. The number of anilines is 1. The first-order valence-corrected chi connectivity index (χ1v) is 4.85. The molecular formula is C12H13N3. The normalized spacial score (nSPS) is 10.2. The molecule has 0 unspecified atom stereocenters. The maximum absolute atomic E-state index is 5.66. The number of nitrogens with two attached hydrogens (primary N) is 1. The highest BCUT2D eigenvalue weighted by molar-refractivity contribution is 5.40. The third-order valence-corrected chi connectivity index (χ3v) is 2.33. The van der Waals surface area contributed by atoms with Gasteiger partial charge in [0, 0.05) is 18.6 Å². The number of hydrogen-bond donors (Lipinski definition) is 1. The first kappa shape index (κ1) is 9.65. The molecule has 15 heavy (non-hydrogen) atoms. The number of pyridine rings is 2. The second kappa shape index (κ2) is 4.09. The Labute approximate surface area is 89.0 Å². The smallest absolute Gasteiger partial charge is 0.126 e. The van der Waals surface area contributed by atoms with Gasteiger partial charge in [-0.05, 0) is 42.2 Å². The SMILES string of the molecule is Cc1cc(Cc2ccncc2)cnc1N. The topological polar surface area (TPSA) is 51.8 Å². The first-order valence-electron chi connectivity index (χ1n) is 4.85. The van der Waals surface area contributed by atoms with E-state index in [2.05, 4.69) is 16.0 Å². The maximum atomic E-state index is 5.66. The number of aromatic nitrogens is 2. The van der Waals surface area contributed by atoms with E-state index in [4.69, 9.17) is 5.73 Å². The van der Waals surface area contributed by atoms with E-state index in [1.165, 1.54) is 11.1 Å². The van der Waals surface area contributed by atoms with Crippen molar-refractivity contribution in [3.63, 3.8) is 0 Å². The predicted octanol–water partition coefficient (Wildman–Crippen LogP) is 1.96. The van der Waals surface area contributed by atoms with Crippen molar-refractivity contribution in [1.29, 1.82) is 0 Å². The molecule has 2 N–H and O–H groups in total. The molecule has 3 nitrogen and oxygen atoms in total. The van der Waals surface area contributed by atoms with Crippen molar-refractivity contribution in [2.45, 2.75) is 13.3 Å². The van der Waals surface area contributed by atoms with Crippen LogP contribution >= 0.6 is 0 Å². The van der Waals surface area contributed by atoms with E-state index in [1.54, 1.807) is 12.4 Å². The zero-order chi connectivity index (χ0) is 10.7. The minimum absolute atomic E-state index is 0.605. The van der Waals surface area contributed by atoms with E-state index in [0.717, 1.165) is 12.0 Å². The maximum Gasteiger partial charge on any atom is 0.126 e. The third-order valence-electron chi connectivity index (χ3n) is 2.33. The van der Waals surface area contributed by atoms with Crippen LogP contribution < -0.4 is 5.73 Å². The summed E-state index contributed by atoms with van der Waals surface area (Å²) in [6.07, 6.45) is 6.29. The molecule has 0 aliphatic rings. The van der Waals surface area contributed by atoms with Crippen LogP contribution in [0.25, 0.3) is 0 Å². The van der Waals surface area contributed by atoms with Crippen molar-refractivity contribution in [3.8, 4) is 0 Å². The Morgan fingerprint density at radius 2 is 1.93 bits per heavy atom. The predicted molar refractivity (Wildman–Crippen MR) is 60.4 cm³/mol. The second-order valence-electron chi connectivity index (χ2n) is 3.58. The van der Waals surface area contributed by atoms with Gasteiger partial charge in [0.15, 0.2) is 0 Å². The Morgan fingerprint density at radius 1 is 1.20 bits per heavy atom. The van der Waals surface area contributed by atoms with Crippen molar-refractivity contribution >= 4 is 5.82 Å². The van der Waals surface area contributed by atoms with Crippen LogP contribution in [0.2, 0.25) is 0 Å². The molecule has 0 radical (unpaired) electrons. The molecule has 0 aromatic carbocycles. The molecule has 0 amide bonds. The summed E-state index contributed by atoms with van der Waals surface area (Å²) in [4.78, 5) is 8.12. The van der Waals surface area contributed by atoms with Crippen LogP contribution in [0.15, 0.2) is 36.8 Å². The molecule has 2 heterocycles. The summed E-state index contributed by atoms with van der Waals surface area (Å²) >= 11 is 0. The highest BCUT2D eigenvalue weighted by atomic mass is 14.8. The van der Waals surface area contributed by atoms with E-state index in [0.29, 0.717) is 5.82 Å². The van der Waals surface area contributed by atoms with Gasteiger partial charge in [0.2, 0.25) is 0 Å². The number of aryl methyl sites for hydroxylation is 1. The Morgan fingerprint density at radius 3 is 2.60 bits per heavy atom. The summed E-state index contributed by atoms with van der Waals surface area (Å²) in [6, 6.07) is 6.08. The van der Waals surface area contributed by atoms with Crippen LogP contribution in [0, 0.1) is 6.92 Å². The highest BCUT2D eigenvalue weighted by Gasteiger charge is 1.99. The van der Waals surface area contributed by atoms with E-state index < -0.39 is 0 Å². The minimum atomic E-state index is 0.605. The summed E-state index contributed by atoms with van der Waals surface area (Å²) in [5.41, 5.74) is 9.10. The second-order valence-corrected chi connectivity index (χ2v) is 3.58. The van der Waals surface area contributed by atoms with Crippen molar-refractivity contribution in [2.24, 2.45) is 0 Å². The van der Waals surface area contributed by atoms with Gasteiger partial charge in [0.25, 0.3) is 0 Å². The molecule has 0 fully saturated rings. The summed E-state index contributed by atoms with van der Waals surface area (Å²) in [7, 11) is 0. The van der Waals surface area contributed by atoms with Gasteiger partial charge in [-0.25, -0.2) is 4.98 Å². The van der Waals surface area contributed by atoms with E-state index in [9.17, 15) is 0 Å². The number of nitrogens with zero attached hydrogens (tertiary/aromatic N) is 2. The molecule has 0 aliphatic heterocycles. The molecule has 2 rings (SSSR count). The molecule has 0 saturated heterocycles. The van der Waals surface area contributed by atoms with Crippen LogP contribution in [0.5, 0.6) is 0 Å². The zero-order valence-corrected chi connectivity index (χ0v) is 8.64. The van der Waals surface area contributed by atoms with Crippen molar-refractivity contribution in [3.05, 3.63) is 53.5 Å². The molecular weight excluding hydrogens is 186 g/mol. The Hall–Kier alpha value is -1.90. The fourth-order valence-electron chi connectivity index (χ4n) is 1.48. The fraction of sp³-hybridized carbons (Fsp3) is 0.167. The average Bonchev–Trinajstić information content (AvgIpc) is 2.25. The summed E-state index contributed by atoms with van der Waals surface area (Å²) in [6.45, 7) is 1.97. The van der Waals surface area contributed by atoms with E-state index >= 15 is 0 Å². The van der Waals surface area contributed by atoms with Crippen LogP contribution in [-0.2, 0) is 6.42 Å². The van der Waals surface area contributed by atoms with E-state index in [1.807, 2.05) is 25.3 Å². The van der Waals surface area contributed by atoms with Crippen molar-refractivity contribution < 1.29 is 0 Å². The zero-order valence-electron chi connectivity index (χ0n) is 8.64. The van der Waals surface area contributed by atoms with Crippen LogP contribution in [0.3, 0.4) is 0 Å². The van der Waals surface area contributed by atoms with Crippen molar-refractivity contribution in [1.82, 2.24) is 9.97 Å². The Kier molecular flexibility index (Phi) is 2.63. The largest absolute Gasteiger partial charge is 0.383 e. The molecule has 3 heteroatoms. The molecule has 2 aromatic heterocycles. The van der Waals surface area contributed by atoms with Crippen molar-refractivity contribution in [2.75, 3.05) is 5.73 Å². The quantitative estimate of drug-likeness (QED) is 0.804. The summed E-state index contributed by atoms with van der Waals surface area (Å²) < 4.78 is 0. The third kappa shape index (κ3) is 2.31. The molecule has 76 valence electrons.